The van der Waals surface area contributed by atoms with Gasteiger partial charge in [0.15, 0.2) is 5.82 Å². The number of amides is 2. The number of fused-ring (bicyclic) bond motifs is 1. The van der Waals surface area contributed by atoms with Crippen molar-refractivity contribution in [1.82, 2.24) is 14.9 Å². The smallest absolute Gasteiger partial charge is 0.228 e. The summed E-state index contributed by atoms with van der Waals surface area (Å²) < 4.78 is 0. The van der Waals surface area contributed by atoms with Crippen molar-refractivity contribution in [3.8, 4) is 0 Å². The zero-order valence-corrected chi connectivity index (χ0v) is 18.2. The zero-order chi connectivity index (χ0) is 20.7. The van der Waals surface area contributed by atoms with Gasteiger partial charge in [0.25, 0.3) is 0 Å². The summed E-state index contributed by atoms with van der Waals surface area (Å²) in [5.41, 5.74) is 2.11. The monoisotopic (exact) mass is 410 g/mol. The number of aromatic nitrogens is 2. The number of hydrogen-bond acceptors (Lipinski definition) is 4. The van der Waals surface area contributed by atoms with E-state index in [0.717, 1.165) is 74.5 Å². The lowest BCUT2D eigenvalue weighted by Crippen LogP contribution is -2.44. The first-order valence-corrected chi connectivity index (χ1v) is 12.1. The molecule has 6 nitrogen and oxygen atoms in total. The summed E-state index contributed by atoms with van der Waals surface area (Å²) in [4.78, 5) is 40.0. The number of hydrogen-bond donors (Lipinski definition) is 0. The molecule has 2 amide bonds. The zero-order valence-electron chi connectivity index (χ0n) is 18.2. The normalized spacial score (nSPS) is 25.4. The topological polar surface area (TPSA) is 66.4 Å². The average Bonchev–Trinajstić information content (AvgIpc) is 3.60. The van der Waals surface area contributed by atoms with Gasteiger partial charge < -0.3 is 4.90 Å². The highest BCUT2D eigenvalue weighted by atomic mass is 16.2. The van der Waals surface area contributed by atoms with Gasteiger partial charge >= 0.3 is 0 Å². The van der Waals surface area contributed by atoms with Gasteiger partial charge in [0.05, 0.1) is 6.04 Å². The van der Waals surface area contributed by atoms with E-state index in [2.05, 4.69) is 4.90 Å². The first kappa shape index (κ1) is 20.0. The average molecular weight is 411 g/mol. The van der Waals surface area contributed by atoms with Crippen molar-refractivity contribution in [1.29, 1.82) is 0 Å². The SMILES string of the molecule is Cc1nc([C@@H]2CCCCN2C(=O)C2CCCCC2)nc2c1CCC(=O)N2CC1CC1. The van der Waals surface area contributed by atoms with E-state index in [9.17, 15) is 9.59 Å². The third-order valence-corrected chi connectivity index (χ3v) is 7.53. The number of aryl methyl sites for hydroxylation is 1. The predicted octanol–water partition coefficient (Wildman–Crippen LogP) is 4.11. The molecule has 0 radical (unpaired) electrons. The van der Waals surface area contributed by atoms with Crippen LogP contribution in [0.5, 0.6) is 0 Å². The van der Waals surface area contributed by atoms with Crippen LogP contribution in [0.1, 0.15) is 93.8 Å². The highest BCUT2D eigenvalue weighted by molar-refractivity contribution is 5.95. The maximum absolute atomic E-state index is 13.4. The van der Waals surface area contributed by atoms with Crippen LogP contribution in [0.2, 0.25) is 0 Å². The van der Waals surface area contributed by atoms with Crippen LogP contribution in [-0.4, -0.2) is 39.8 Å². The van der Waals surface area contributed by atoms with E-state index in [4.69, 9.17) is 9.97 Å². The Labute approximate surface area is 179 Å². The van der Waals surface area contributed by atoms with Crippen molar-refractivity contribution in [2.24, 2.45) is 11.8 Å². The minimum atomic E-state index is -0.0445. The maximum Gasteiger partial charge on any atom is 0.228 e. The number of likely N-dealkylation sites (tertiary alicyclic amines) is 1. The summed E-state index contributed by atoms with van der Waals surface area (Å²) in [6, 6.07) is -0.0445. The Morgan fingerprint density at radius 3 is 2.50 bits per heavy atom. The number of carbonyl (C=O) groups excluding carboxylic acids is 2. The van der Waals surface area contributed by atoms with Gasteiger partial charge in [-0.3, -0.25) is 14.5 Å². The second-order valence-corrected chi connectivity index (χ2v) is 9.80. The summed E-state index contributed by atoms with van der Waals surface area (Å²) in [6.45, 7) is 3.65. The van der Waals surface area contributed by atoms with E-state index in [1.54, 1.807) is 0 Å². The molecule has 162 valence electrons. The molecule has 1 saturated heterocycles. The Morgan fingerprint density at radius 2 is 1.73 bits per heavy atom. The van der Waals surface area contributed by atoms with Gasteiger partial charge in [-0.15, -0.1) is 0 Å². The van der Waals surface area contributed by atoms with E-state index in [1.807, 2.05) is 11.8 Å². The number of anilines is 1. The minimum absolute atomic E-state index is 0.0445. The molecule has 2 saturated carbocycles. The van der Waals surface area contributed by atoms with Gasteiger partial charge in [-0.1, -0.05) is 19.3 Å². The van der Waals surface area contributed by atoms with Gasteiger partial charge in [-0.2, -0.15) is 0 Å². The Kier molecular flexibility index (Phi) is 5.50. The molecular weight excluding hydrogens is 376 g/mol. The van der Waals surface area contributed by atoms with Crippen molar-refractivity contribution in [2.45, 2.75) is 90.0 Å². The first-order chi connectivity index (χ1) is 14.6. The largest absolute Gasteiger partial charge is 0.332 e. The molecule has 30 heavy (non-hydrogen) atoms. The molecule has 2 aliphatic carbocycles. The van der Waals surface area contributed by atoms with Crippen LogP contribution in [0.25, 0.3) is 0 Å². The van der Waals surface area contributed by atoms with E-state index in [-0.39, 0.29) is 17.9 Å². The molecule has 1 atom stereocenters. The number of nitrogens with zero attached hydrogens (tertiary/aromatic N) is 4. The molecule has 0 N–H and O–H groups in total. The lowest BCUT2D eigenvalue weighted by Gasteiger charge is -2.38. The Balaban J connectivity index is 1.46. The number of carbonyl (C=O) groups is 2. The molecule has 0 unspecified atom stereocenters. The van der Waals surface area contributed by atoms with E-state index < -0.39 is 0 Å². The third-order valence-electron chi connectivity index (χ3n) is 7.53. The summed E-state index contributed by atoms with van der Waals surface area (Å²) in [5.74, 6) is 2.88. The van der Waals surface area contributed by atoms with Crippen molar-refractivity contribution < 1.29 is 9.59 Å². The van der Waals surface area contributed by atoms with Crippen LogP contribution < -0.4 is 4.90 Å². The molecular formula is C24H34N4O2. The minimum Gasteiger partial charge on any atom is -0.332 e. The molecule has 0 aromatic carbocycles. The third kappa shape index (κ3) is 3.85. The Bertz CT molecular complexity index is 829. The number of piperidine rings is 1. The highest BCUT2D eigenvalue weighted by Crippen LogP contribution is 2.38. The van der Waals surface area contributed by atoms with E-state index in [0.29, 0.717) is 18.2 Å². The fourth-order valence-electron chi connectivity index (χ4n) is 5.55. The van der Waals surface area contributed by atoms with E-state index >= 15 is 0 Å². The van der Waals surface area contributed by atoms with Crippen LogP contribution in [-0.2, 0) is 16.0 Å². The molecule has 5 rings (SSSR count). The molecule has 6 heteroatoms. The van der Waals surface area contributed by atoms with E-state index in [1.165, 1.54) is 32.1 Å². The molecule has 0 bridgehead atoms. The molecule has 0 spiro atoms. The van der Waals surface area contributed by atoms with Crippen molar-refractivity contribution in [3.63, 3.8) is 0 Å². The van der Waals surface area contributed by atoms with Crippen LogP contribution in [0, 0.1) is 18.8 Å². The molecule has 3 fully saturated rings. The fourth-order valence-corrected chi connectivity index (χ4v) is 5.55. The molecule has 1 aromatic rings. The maximum atomic E-state index is 13.4. The van der Waals surface area contributed by atoms with Gasteiger partial charge in [0.1, 0.15) is 5.82 Å². The molecule has 2 aliphatic heterocycles. The summed E-state index contributed by atoms with van der Waals surface area (Å²) in [7, 11) is 0. The van der Waals surface area contributed by atoms with Crippen molar-refractivity contribution >= 4 is 17.6 Å². The standard InChI is InChI=1S/C24H34N4O2/c1-16-19-12-13-21(29)28(15-17-10-11-17)23(19)26-22(25-16)20-9-5-6-14-27(20)24(30)18-7-3-2-4-8-18/h17-18,20H,2-15H2,1H3/t20-/m0/s1. The Morgan fingerprint density at radius 1 is 0.967 bits per heavy atom. The van der Waals surface area contributed by atoms with Crippen LogP contribution in [0.15, 0.2) is 0 Å². The van der Waals surface area contributed by atoms with Gasteiger partial charge in [0, 0.05) is 36.7 Å². The van der Waals surface area contributed by atoms with Crippen LogP contribution >= 0.6 is 0 Å². The summed E-state index contributed by atoms with van der Waals surface area (Å²) >= 11 is 0. The van der Waals surface area contributed by atoms with Crippen molar-refractivity contribution in [2.75, 3.05) is 18.0 Å². The lowest BCUT2D eigenvalue weighted by atomic mass is 9.87. The predicted molar refractivity (Wildman–Crippen MR) is 115 cm³/mol. The molecule has 3 heterocycles. The van der Waals surface area contributed by atoms with Crippen LogP contribution in [0.4, 0.5) is 5.82 Å². The Hall–Kier alpha value is -1.98. The first-order valence-electron chi connectivity index (χ1n) is 12.1. The lowest BCUT2D eigenvalue weighted by molar-refractivity contribution is -0.140. The van der Waals surface area contributed by atoms with Gasteiger partial charge in [0.2, 0.25) is 11.8 Å². The quantitative estimate of drug-likeness (QED) is 0.749. The molecule has 4 aliphatic rings. The van der Waals surface area contributed by atoms with Gasteiger partial charge in [-0.25, -0.2) is 9.97 Å². The number of rotatable bonds is 4. The summed E-state index contributed by atoms with van der Waals surface area (Å²) in [5, 5.41) is 0. The summed E-state index contributed by atoms with van der Waals surface area (Å²) in [6.07, 6.45) is 12.4. The molecule has 1 aromatic heterocycles. The fraction of sp³-hybridized carbons (Fsp3) is 0.750. The van der Waals surface area contributed by atoms with Crippen molar-refractivity contribution in [3.05, 3.63) is 17.1 Å². The highest BCUT2D eigenvalue weighted by Gasteiger charge is 2.37. The second-order valence-electron chi connectivity index (χ2n) is 9.80. The van der Waals surface area contributed by atoms with Crippen LogP contribution in [0.3, 0.4) is 0 Å². The van der Waals surface area contributed by atoms with Gasteiger partial charge in [-0.05, 0) is 64.2 Å². The second kappa shape index (κ2) is 8.27.